The normalized spacial score (nSPS) is 10.8. The fraction of sp³-hybridized carbons (Fsp3) is 0.261. The van der Waals surface area contributed by atoms with Gasteiger partial charge < -0.3 is 10.2 Å². The molecule has 0 radical (unpaired) electrons. The number of thiazole rings is 1. The van der Waals surface area contributed by atoms with Crippen LogP contribution in [0.15, 0.2) is 60.0 Å². The standard InChI is InChI=1S/C23H25ClN4O2S/c1-27(2)13-6-14-28(22(30)17-7-4-3-5-8-17)23-26-20(16-31-23)15-21(29)25-19-11-9-18(24)10-12-19/h3-5,7-12,16H,6,13-15H2,1-2H3,(H,25,29). The fourth-order valence-electron chi connectivity index (χ4n) is 2.97. The Morgan fingerprint density at radius 1 is 1.03 bits per heavy atom. The third-order valence-corrected chi connectivity index (χ3v) is 5.66. The molecule has 1 heterocycles. The van der Waals surface area contributed by atoms with Crippen LogP contribution < -0.4 is 10.2 Å². The van der Waals surface area contributed by atoms with Crippen LogP contribution in [0.1, 0.15) is 22.5 Å². The second-order valence-corrected chi connectivity index (χ2v) is 8.61. The van der Waals surface area contributed by atoms with Crippen molar-refractivity contribution in [3.8, 4) is 0 Å². The molecule has 8 heteroatoms. The predicted octanol–water partition coefficient (Wildman–Crippen LogP) is 4.58. The van der Waals surface area contributed by atoms with E-state index in [1.807, 2.05) is 37.7 Å². The third-order valence-electron chi connectivity index (χ3n) is 4.49. The van der Waals surface area contributed by atoms with E-state index in [1.165, 1.54) is 11.3 Å². The molecule has 2 aromatic carbocycles. The van der Waals surface area contributed by atoms with Gasteiger partial charge in [0.1, 0.15) is 0 Å². The molecule has 0 aliphatic rings. The Hall–Kier alpha value is -2.74. The van der Waals surface area contributed by atoms with Gasteiger partial charge in [0.2, 0.25) is 5.91 Å². The van der Waals surface area contributed by atoms with Gasteiger partial charge in [0.25, 0.3) is 5.91 Å². The lowest BCUT2D eigenvalue weighted by atomic mass is 10.2. The van der Waals surface area contributed by atoms with Gasteiger partial charge in [0.15, 0.2) is 5.13 Å². The molecule has 0 spiro atoms. The molecule has 0 atom stereocenters. The molecule has 2 amide bonds. The number of anilines is 2. The van der Waals surface area contributed by atoms with Crippen LogP contribution in [0.5, 0.6) is 0 Å². The number of carbonyl (C=O) groups is 2. The van der Waals surface area contributed by atoms with Crippen molar-refractivity contribution in [1.29, 1.82) is 0 Å². The van der Waals surface area contributed by atoms with Crippen molar-refractivity contribution >= 4 is 45.6 Å². The molecule has 6 nitrogen and oxygen atoms in total. The zero-order valence-electron chi connectivity index (χ0n) is 17.5. The average molecular weight is 457 g/mol. The molecule has 0 aliphatic heterocycles. The minimum absolute atomic E-state index is 0.0918. The number of nitrogens with zero attached hydrogens (tertiary/aromatic N) is 3. The molecule has 31 heavy (non-hydrogen) atoms. The second-order valence-electron chi connectivity index (χ2n) is 7.33. The molecule has 0 bridgehead atoms. The smallest absolute Gasteiger partial charge is 0.260 e. The monoisotopic (exact) mass is 456 g/mol. The molecular formula is C23H25ClN4O2S. The minimum Gasteiger partial charge on any atom is -0.326 e. The molecule has 0 unspecified atom stereocenters. The number of hydrogen-bond donors (Lipinski definition) is 1. The van der Waals surface area contributed by atoms with E-state index in [2.05, 4.69) is 15.2 Å². The van der Waals surface area contributed by atoms with Crippen molar-refractivity contribution < 1.29 is 9.59 Å². The molecule has 3 rings (SSSR count). The van der Waals surface area contributed by atoms with Crippen LogP contribution in [-0.2, 0) is 11.2 Å². The maximum Gasteiger partial charge on any atom is 0.260 e. The molecule has 0 saturated heterocycles. The minimum atomic E-state index is -0.173. The average Bonchev–Trinajstić information content (AvgIpc) is 3.20. The maximum absolute atomic E-state index is 13.1. The van der Waals surface area contributed by atoms with Crippen LogP contribution in [0.2, 0.25) is 5.02 Å². The Bertz CT molecular complexity index is 1010. The van der Waals surface area contributed by atoms with E-state index in [-0.39, 0.29) is 18.2 Å². The second kappa shape index (κ2) is 11.0. The van der Waals surface area contributed by atoms with Gasteiger partial charge in [-0.25, -0.2) is 4.98 Å². The van der Waals surface area contributed by atoms with Crippen LogP contribution in [0.4, 0.5) is 10.8 Å². The van der Waals surface area contributed by atoms with E-state index in [1.54, 1.807) is 41.3 Å². The Morgan fingerprint density at radius 3 is 2.42 bits per heavy atom. The van der Waals surface area contributed by atoms with E-state index in [4.69, 9.17) is 11.6 Å². The maximum atomic E-state index is 13.1. The highest BCUT2D eigenvalue weighted by Gasteiger charge is 2.21. The summed E-state index contributed by atoms with van der Waals surface area (Å²) in [5.74, 6) is -0.265. The number of nitrogens with one attached hydrogen (secondary N) is 1. The van der Waals surface area contributed by atoms with E-state index in [0.717, 1.165) is 13.0 Å². The van der Waals surface area contributed by atoms with Crippen molar-refractivity contribution in [1.82, 2.24) is 9.88 Å². The first-order chi connectivity index (χ1) is 14.9. The predicted molar refractivity (Wildman–Crippen MR) is 127 cm³/mol. The summed E-state index contributed by atoms with van der Waals surface area (Å²) < 4.78 is 0. The SMILES string of the molecule is CN(C)CCCN(C(=O)c1ccccc1)c1nc(CC(=O)Nc2ccc(Cl)cc2)cs1. The highest BCUT2D eigenvalue weighted by molar-refractivity contribution is 7.14. The summed E-state index contributed by atoms with van der Waals surface area (Å²) >= 11 is 7.25. The summed E-state index contributed by atoms with van der Waals surface area (Å²) in [5, 5.41) is 5.87. The first-order valence-electron chi connectivity index (χ1n) is 9.94. The molecule has 1 N–H and O–H groups in total. The highest BCUT2D eigenvalue weighted by atomic mass is 35.5. The molecule has 162 valence electrons. The summed E-state index contributed by atoms with van der Waals surface area (Å²) in [7, 11) is 4.01. The van der Waals surface area contributed by atoms with Crippen LogP contribution in [-0.4, -0.2) is 48.9 Å². The quantitative estimate of drug-likeness (QED) is 0.512. The number of hydrogen-bond acceptors (Lipinski definition) is 5. The lowest BCUT2D eigenvalue weighted by molar-refractivity contribution is -0.115. The van der Waals surface area contributed by atoms with Crippen LogP contribution in [0, 0.1) is 0 Å². The Morgan fingerprint density at radius 2 is 1.74 bits per heavy atom. The van der Waals surface area contributed by atoms with Gasteiger partial charge in [-0.3, -0.25) is 14.5 Å². The van der Waals surface area contributed by atoms with Crippen molar-refractivity contribution in [2.75, 3.05) is 37.4 Å². The van der Waals surface area contributed by atoms with Gasteiger partial charge in [0, 0.05) is 28.2 Å². The zero-order valence-corrected chi connectivity index (χ0v) is 19.1. The van der Waals surface area contributed by atoms with Gasteiger partial charge in [0.05, 0.1) is 12.1 Å². The van der Waals surface area contributed by atoms with Crippen molar-refractivity contribution in [2.45, 2.75) is 12.8 Å². The Kier molecular flexibility index (Phi) is 8.17. The van der Waals surface area contributed by atoms with Gasteiger partial charge in [-0.2, -0.15) is 0 Å². The zero-order chi connectivity index (χ0) is 22.2. The van der Waals surface area contributed by atoms with Gasteiger partial charge in [-0.1, -0.05) is 29.8 Å². The molecule has 3 aromatic rings. The lowest BCUT2D eigenvalue weighted by Crippen LogP contribution is -2.33. The topological polar surface area (TPSA) is 65.5 Å². The molecule has 0 aliphatic carbocycles. The molecule has 0 saturated carbocycles. The van der Waals surface area contributed by atoms with Gasteiger partial charge >= 0.3 is 0 Å². The lowest BCUT2D eigenvalue weighted by Gasteiger charge is -2.21. The van der Waals surface area contributed by atoms with Crippen LogP contribution in [0.3, 0.4) is 0 Å². The third kappa shape index (κ3) is 6.89. The van der Waals surface area contributed by atoms with E-state index < -0.39 is 0 Å². The van der Waals surface area contributed by atoms with E-state index in [0.29, 0.717) is 33.6 Å². The summed E-state index contributed by atoms with van der Waals surface area (Å²) in [6, 6.07) is 16.1. The first-order valence-corrected chi connectivity index (χ1v) is 11.2. The summed E-state index contributed by atoms with van der Waals surface area (Å²) in [6.45, 7) is 1.41. The number of carbonyl (C=O) groups excluding carboxylic acids is 2. The first kappa shape index (κ1) is 22.9. The molecule has 0 fully saturated rings. The van der Waals surface area contributed by atoms with Crippen molar-refractivity contribution in [2.24, 2.45) is 0 Å². The Labute approximate surface area is 191 Å². The molecule has 1 aromatic heterocycles. The van der Waals surface area contributed by atoms with Gasteiger partial charge in [-0.05, 0) is 63.5 Å². The number of rotatable bonds is 9. The summed E-state index contributed by atoms with van der Waals surface area (Å²) in [6.07, 6.45) is 0.946. The number of benzene rings is 2. The number of amides is 2. The van der Waals surface area contributed by atoms with E-state index >= 15 is 0 Å². The van der Waals surface area contributed by atoms with Crippen molar-refractivity contribution in [3.63, 3.8) is 0 Å². The van der Waals surface area contributed by atoms with Crippen LogP contribution in [0.25, 0.3) is 0 Å². The molecular weight excluding hydrogens is 432 g/mol. The summed E-state index contributed by atoms with van der Waals surface area (Å²) in [5.41, 5.74) is 1.92. The number of aromatic nitrogens is 1. The highest BCUT2D eigenvalue weighted by Crippen LogP contribution is 2.24. The number of halogens is 1. The Balaban J connectivity index is 1.70. The van der Waals surface area contributed by atoms with Crippen molar-refractivity contribution in [3.05, 3.63) is 76.3 Å². The van der Waals surface area contributed by atoms with Crippen LogP contribution >= 0.6 is 22.9 Å². The van der Waals surface area contributed by atoms with Gasteiger partial charge in [-0.15, -0.1) is 11.3 Å². The largest absolute Gasteiger partial charge is 0.326 e. The summed E-state index contributed by atoms with van der Waals surface area (Å²) in [4.78, 5) is 33.9. The fourth-order valence-corrected chi connectivity index (χ4v) is 3.94. The van der Waals surface area contributed by atoms with E-state index in [9.17, 15) is 9.59 Å².